The Bertz CT molecular complexity index is 239. The van der Waals surface area contributed by atoms with Gasteiger partial charge in [-0.05, 0) is 43.9 Å². The molecule has 0 aromatic rings. The fourth-order valence-electron chi connectivity index (χ4n) is 2.94. The first kappa shape index (κ1) is 16.3. The standard InChI is InChI=1S/C15H31NOS/c1-5-10-16-15(12-17)9-6-7-13(15)8-11-18-14(2,3)4/h13,16-17H,5-12H2,1-4H3. The Morgan fingerprint density at radius 1 is 1.39 bits per heavy atom. The van der Waals surface area contributed by atoms with Crippen molar-refractivity contribution >= 4 is 11.8 Å². The van der Waals surface area contributed by atoms with Gasteiger partial charge in [-0.2, -0.15) is 11.8 Å². The van der Waals surface area contributed by atoms with Gasteiger partial charge in [-0.1, -0.05) is 34.1 Å². The molecule has 0 radical (unpaired) electrons. The molecule has 2 nitrogen and oxygen atoms in total. The van der Waals surface area contributed by atoms with E-state index in [2.05, 4.69) is 33.0 Å². The van der Waals surface area contributed by atoms with Crippen molar-refractivity contribution in [2.45, 2.75) is 70.1 Å². The third-order valence-corrected chi connectivity index (χ3v) is 5.27. The minimum absolute atomic E-state index is 0.0223. The van der Waals surface area contributed by atoms with E-state index < -0.39 is 0 Å². The van der Waals surface area contributed by atoms with E-state index in [9.17, 15) is 5.11 Å². The Morgan fingerprint density at radius 3 is 2.67 bits per heavy atom. The average Bonchev–Trinajstić information content (AvgIpc) is 2.69. The lowest BCUT2D eigenvalue weighted by Gasteiger charge is -2.35. The van der Waals surface area contributed by atoms with Crippen LogP contribution in [0.2, 0.25) is 0 Å². The highest BCUT2D eigenvalue weighted by molar-refractivity contribution is 8.00. The number of hydrogen-bond donors (Lipinski definition) is 2. The summed E-state index contributed by atoms with van der Waals surface area (Å²) in [5.41, 5.74) is 0.0223. The van der Waals surface area contributed by atoms with E-state index in [4.69, 9.17) is 0 Å². The molecule has 18 heavy (non-hydrogen) atoms. The third-order valence-electron chi connectivity index (χ3n) is 3.97. The first-order valence-electron chi connectivity index (χ1n) is 7.43. The summed E-state index contributed by atoms with van der Waals surface area (Å²) >= 11 is 2.05. The molecule has 3 heteroatoms. The van der Waals surface area contributed by atoms with Crippen LogP contribution in [0.25, 0.3) is 0 Å². The maximum atomic E-state index is 9.80. The molecule has 2 N–H and O–H groups in total. The van der Waals surface area contributed by atoms with Gasteiger partial charge in [-0.25, -0.2) is 0 Å². The monoisotopic (exact) mass is 273 g/mol. The number of thioether (sulfide) groups is 1. The van der Waals surface area contributed by atoms with Crippen LogP contribution in [0.15, 0.2) is 0 Å². The normalized spacial score (nSPS) is 28.8. The van der Waals surface area contributed by atoms with E-state index in [1.807, 2.05) is 11.8 Å². The number of nitrogens with one attached hydrogen (secondary N) is 1. The van der Waals surface area contributed by atoms with Gasteiger partial charge in [0.15, 0.2) is 0 Å². The van der Waals surface area contributed by atoms with Crippen LogP contribution in [0.5, 0.6) is 0 Å². The Balaban J connectivity index is 2.46. The summed E-state index contributed by atoms with van der Waals surface area (Å²) in [4.78, 5) is 0. The van der Waals surface area contributed by atoms with Crippen LogP contribution in [0.4, 0.5) is 0 Å². The van der Waals surface area contributed by atoms with Crippen molar-refractivity contribution in [1.29, 1.82) is 0 Å². The van der Waals surface area contributed by atoms with Gasteiger partial charge in [-0.15, -0.1) is 0 Å². The lowest BCUT2D eigenvalue weighted by atomic mass is 9.85. The molecule has 0 aromatic heterocycles. The van der Waals surface area contributed by atoms with Crippen LogP contribution in [0.3, 0.4) is 0 Å². The van der Waals surface area contributed by atoms with Crippen molar-refractivity contribution < 1.29 is 5.11 Å². The summed E-state index contributed by atoms with van der Waals surface area (Å²) in [6.45, 7) is 10.4. The molecule has 2 atom stereocenters. The molecule has 1 saturated carbocycles. The van der Waals surface area contributed by atoms with Gasteiger partial charge >= 0.3 is 0 Å². The van der Waals surface area contributed by atoms with Crippen LogP contribution in [-0.2, 0) is 0 Å². The molecule has 0 heterocycles. The second-order valence-corrected chi connectivity index (χ2v) is 8.50. The highest BCUT2D eigenvalue weighted by Gasteiger charge is 2.41. The summed E-state index contributed by atoms with van der Waals surface area (Å²) < 4.78 is 0.358. The predicted molar refractivity (Wildman–Crippen MR) is 82.3 cm³/mol. The molecular formula is C15H31NOS. The molecule has 0 amide bonds. The van der Waals surface area contributed by atoms with E-state index in [1.165, 1.54) is 25.0 Å². The van der Waals surface area contributed by atoms with E-state index in [0.717, 1.165) is 19.4 Å². The molecule has 1 aliphatic carbocycles. The van der Waals surface area contributed by atoms with E-state index >= 15 is 0 Å². The predicted octanol–water partition coefficient (Wildman–Crippen LogP) is 3.44. The first-order chi connectivity index (χ1) is 8.43. The fourth-order valence-corrected chi connectivity index (χ4v) is 3.96. The third kappa shape index (κ3) is 4.75. The summed E-state index contributed by atoms with van der Waals surface area (Å²) in [6, 6.07) is 0. The van der Waals surface area contributed by atoms with Gasteiger partial charge in [0.25, 0.3) is 0 Å². The Labute approximate surface area is 117 Å². The highest BCUT2D eigenvalue weighted by Crippen LogP contribution is 2.39. The Kier molecular flexibility index (Phi) is 6.49. The van der Waals surface area contributed by atoms with Gasteiger partial charge in [0, 0.05) is 10.3 Å². The summed E-state index contributed by atoms with van der Waals surface area (Å²) in [5.74, 6) is 1.87. The number of aliphatic hydroxyl groups is 1. The van der Waals surface area contributed by atoms with Crippen LogP contribution in [-0.4, -0.2) is 34.3 Å². The summed E-state index contributed by atoms with van der Waals surface area (Å²) in [5, 5.41) is 13.4. The zero-order chi connectivity index (χ0) is 13.6. The van der Waals surface area contributed by atoms with E-state index in [1.54, 1.807) is 0 Å². The molecule has 0 aliphatic heterocycles. The SMILES string of the molecule is CCCNC1(CO)CCCC1CCSC(C)(C)C. The van der Waals surface area contributed by atoms with Crippen LogP contribution < -0.4 is 5.32 Å². The van der Waals surface area contributed by atoms with Crippen LogP contribution in [0, 0.1) is 5.92 Å². The number of rotatable bonds is 7. The maximum Gasteiger partial charge on any atom is 0.0616 e. The van der Waals surface area contributed by atoms with Crippen LogP contribution in [0.1, 0.15) is 59.8 Å². The second kappa shape index (κ2) is 7.16. The lowest BCUT2D eigenvalue weighted by Crippen LogP contribution is -2.51. The van der Waals surface area contributed by atoms with E-state index in [0.29, 0.717) is 17.3 Å². The fraction of sp³-hybridized carbons (Fsp3) is 1.00. The van der Waals surface area contributed by atoms with Gasteiger partial charge in [-0.3, -0.25) is 0 Å². The van der Waals surface area contributed by atoms with Gasteiger partial charge in [0.05, 0.1) is 6.61 Å². The summed E-state index contributed by atoms with van der Waals surface area (Å²) in [7, 11) is 0. The molecule has 2 unspecified atom stereocenters. The number of aliphatic hydroxyl groups excluding tert-OH is 1. The maximum absolute atomic E-state index is 9.80. The lowest BCUT2D eigenvalue weighted by molar-refractivity contribution is 0.122. The smallest absolute Gasteiger partial charge is 0.0616 e. The Morgan fingerprint density at radius 2 is 2.11 bits per heavy atom. The zero-order valence-electron chi connectivity index (χ0n) is 12.6. The Hall–Kier alpha value is 0.270. The number of hydrogen-bond acceptors (Lipinski definition) is 3. The minimum atomic E-state index is 0.0223. The van der Waals surface area contributed by atoms with Crippen molar-refractivity contribution in [1.82, 2.24) is 5.32 Å². The summed E-state index contributed by atoms with van der Waals surface area (Å²) in [6.07, 6.45) is 6.07. The van der Waals surface area contributed by atoms with E-state index in [-0.39, 0.29) is 5.54 Å². The first-order valence-corrected chi connectivity index (χ1v) is 8.42. The largest absolute Gasteiger partial charge is 0.394 e. The molecular weight excluding hydrogens is 242 g/mol. The van der Waals surface area contributed by atoms with Crippen LogP contribution >= 0.6 is 11.8 Å². The van der Waals surface area contributed by atoms with Crippen molar-refractivity contribution in [2.75, 3.05) is 18.9 Å². The molecule has 0 aromatic carbocycles. The quantitative estimate of drug-likeness (QED) is 0.745. The molecule has 1 rings (SSSR count). The molecule has 0 saturated heterocycles. The van der Waals surface area contributed by atoms with Gasteiger partial charge < -0.3 is 10.4 Å². The second-order valence-electron chi connectivity index (χ2n) is 6.58. The van der Waals surface area contributed by atoms with Crippen molar-refractivity contribution in [3.05, 3.63) is 0 Å². The molecule has 108 valence electrons. The van der Waals surface area contributed by atoms with Crippen molar-refractivity contribution in [3.63, 3.8) is 0 Å². The highest BCUT2D eigenvalue weighted by atomic mass is 32.2. The topological polar surface area (TPSA) is 32.3 Å². The molecule has 1 fully saturated rings. The molecule has 0 bridgehead atoms. The van der Waals surface area contributed by atoms with Gasteiger partial charge in [0.2, 0.25) is 0 Å². The van der Waals surface area contributed by atoms with Crippen molar-refractivity contribution in [3.8, 4) is 0 Å². The minimum Gasteiger partial charge on any atom is -0.394 e. The zero-order valence-corrected chi connectivity index (χ0v) is 13.4. The molecule has 0 spiro atoms. The molecule has 1 aliphatic rings. The average molecular weight is 273 g/mol. The van der Waals surface area contributed by atoms with Crippen molar-refractivity contribution in [2.24, 2.45) is 5.92 Å². The van der Waals surface area contributed by atoms with Gasteiger partial charge in [0.1, 0.15) is 0 Å².